The SMILES string of the molecule is [B]c1ccc(C(=N)c2cc(O)c(O)cc2CC(C)Pc2nccs2)cc1C. The predicted octanol–water partition coefficient (Wildman–Crippen LogP) is 3.01. The normalized spacial score (nSPS) is 12.5. The third-order valence-corrected chi connectivity index (χ3v) is 6.72. The summed E-state index contributed by atoms with van der Waals surface area (Å²) in [6.07, 6.45) is 2.48. The van der Waals surface area contributed by atoms with Gasteiger partial charge in [-0.3, -0.25) is 5.41 Å². The third-order valence-electron chi connectivity index (χ3n) is 4.36. The number of hydrogen-bond acceptors (Lipinski definition) is 5. The Morgan fingerprint density at radius 1 is 1.26 bits per heavy atom. The molecule has 0 fully saturated rings. The molecule has 3 N–H and O–H groups in total. The number of benzene rings is 2. The van der Waals surface area contributed by atoms with Gasteiger partial charge in [-0.05, 0) is 36.7 Å². The van der Waals surface area contributed by atoms with Crippen LogP contribution in [0.3, 0.4) is 0 Å². The highest BCUT2D eigenvalue weighted by Crippen LogP contribution is 2.32. The van der Waals surface area contributed by atoms with Crippen molar-refractivity contribution >= 4 is 43.7 Å². The zero-order chi connectivity index (χ0) is 19.6. The van der Waals surface area contributed by atoms with Crippen molar-refractivity contribution < 1.29 is 10.2 Å². The van der Waals surface area contributed by atoms with E-state index in [-0.39, 0.29) is 11.5 Å². The number of aromatic nitrogens is 1. The van der Waals surface area contributed by atoms with Gasteiger partial charge in [-0.2, -0.15) is 0 Å². The number of aromatic hydroxyl groups is 2. The van der Waals surface area contributed by atoms with Crippen molar-refractivity contribution in [3.8, 4) is 11.5 Å². The van der Waals surface area contributed by atoms with E-state index in [4.69, 9.17) is 13.3 Å². The average Bonchev–Trinajstić information content (AvgIpc) is 3.12. The highest BCUT2D eigenvalue weighted by molar-refractivity contribution is 7.56. The molecule has 0 aliphatic heterocycles. The average molecular weight is 394 g/mol. The Bertz CT molecular complexity index is 976. The molecular weight excluding hydrogens is 374 g/mol. The molecule has 3 rings (SSSR count). The van der Waals surface area contributed by atoms with E-state index in [0.717, 1.165) is 21.4 Å². The number of thiazole rings is 1. The van der Waals surface area contributed by atoms with Crippen LogP contribution >= 0.6 is 19.9 Å². The summed E-state index contributed by atoms with van der Waals surface area (Å²) in [5.41, 5.74) is 4.36. The lowest BCUT2D eigenvalue weighted by Gasteiger charge is -2.17. The summed E-state index contributed by atoms with van der Waals surface area (Å²) in [7, 11) is 6.44. The zero-order valence-electron chi connectivity index (χ0n) is 15.2. The van der Waals surface area contributed by atoms with E-state index in [2.05, 4.69) is 11.9 Å². The zero-order valence-corrected chi connectivity index (χ0v) is 17.0. The van der Waals surface area contributed by atoms with Crippen molar-refractivity contribution in [2.45, 2.75) is 25.9 Å². The topological polar surface area (TPSA) is 77.2 Å². The minimum absolute atomic E-state index is 0.167. The molecule has 0 amide bonds. The highest BCUT2D eigenvalue weighted by atomic mass is 32.1. The van der Waals surface area contributed by atoms with E-state index in [9.17, 15) is 10.2 Å². The number of nitrogens with zero attached hydrogens (tertiary/aromatic N) is 1. The summed E-state index contributed by atoms with van der Waals surface area (Å²) in [5.74, 6) is -0.388. The van der Waals surface area contributed by atoms with E-state index in [1.54, 1.807) is 35.7 Å². The molecule has 0 saturated carbocycles. The molecule has 2 unspecified atom stereocenters. The van der Waals surface area contributed by atoms with Gasteiger partial charge < -0.3 is 10.2 Å². The maximum Gasteiger partial charge on any atom is 0.158 e. The quantitative estimate of drug-likeness (QED) is 0.260. The maximum atomic E-state index is 9.99. The van der Waals surface area contributed by atoms with E-state index in [1.807, 2.05) is 18.4 Å². The molecule has 1 heterocycles. The second kappa shape index (κ2) is 8.24. The van der Waals surface area contributed by atoms with E-state index >= 15 is 0 Å². The minimum atomic E-state index is -0.222. The van der Waals surface area contributed by atoms with Crippen LogP contribution in [-0.4, -0.2) is 34.4 Å². The number of aryl methyl sites for hydroxylation is 1. The highest BCUT2D eigenvalue weighted by Gasteiger charge is 2.17. The molecule has 0 spiro atoms. The molecule has 3 aromatic rings. The van der Waals surface area contributed by atoms with Crippen LogP contribution in [0.2, 0.25) is 0 Å². The summed E-state index contributed by atoms with van der Waals surface area (Å²) in [6, 6.07) is 8.49. The van der Waals surface area contributed by atoms with Crippen LogP contribution in [0, 0.1) is 12.3 Å². The Kier molecular flexibility index (Phi) is 5.98. The van der Waals surface area contributed by atoms with E-state index in [1.165, 1.54) is 6.07 Å². The number of nitrogens with one attached hydrogen (secondary N) is 1. The summed E-state index contributed by atoms with van der Waals surface area (Å²) in [5, 5.41) is 30.6. The molecule has 1 aromatic heterocycles. The summed E-state index contributed by atoms with van der Waals surface area (Å²) in [4.78, 5) is 4.34. The lowest BCUT2D eigenvalue weighted by molar-refractivity contribution is 0.403. The van der Waals surface area contributed by atoms with Gasteiger partial charge in [-0.15, -0.1) is 11.3 Å². The summed E-state index contributed by atoms with van der Waals surface area (Å²) >= 11 is 1.64. The molecule has 4 nitrogen and oxygen atoms in total. The van der Waals surface area contributed by atoms with Gasteiger partial charge in [0.2, 0.25) is 0 Å². The number of phenols is 2. The van der Waals surface area contributed by atoms with E-state index in [0.29, 0.717) is 37.4 Å². The fourth-order valence-corrected chi connectivity index (χ4v) is 5.24. The smallest absolute Gasteiger partial charge is 0.158 e. The Labute approximate surface area is 166 Å². The molecule has 136 valence electrons. The first-order chi connectivity index (χ1) is 12.8. The third kappa shape index (κ3) is 4.58. The fourth-order valence-electron chi connectivity index (χ4n) is 2.89. The first-order valence-corrected chi connectivity index (χ1v) is 10.5. The maximum absolute atomic E-state index is 9.99. The lowest BCUT2D eigenvalue weighted by Crippen LogP contribution is -2.13. The van der Waals surface area contributed by atoms with Gasteiger partial charge in [-0.25, -0.2) is 4.98 Å². The second-order valence-corrected chi connectivity index (χ2v) is 9.54. The largest absolute Gasteiger partial charge is 0.504 e. The molecule has 2 atom stereocenters. The molecule has 0 aliphatic carbocycles. The van der Waals surface area contributed by atoms with Crippen molar-refractivity contribution in [1.29, 1.82) is 5.41 Å². The van der Waals surface area contributed by atoms with Gasteiger partial charge in [0.15, 0.2) is 11.5 Å². The Balaban J connectivity index is 1.92. The van der Waals surface area contributed by atoms with Gasteiger partial charge in [0.1, 0.15) is 12.6 Å². The Hall–Kier alpha value is -2.17. The second-order valence-electron chi connectivity index (χ2n) is 6.53. The molecule has 2 aromatic carbocycles. The molecule has 0 aliphatic rings. The number of rotatable bonds is 6. The Morgan fingerprint density at radius 3 is 2.67 bits per heavy atom. The van der Waals surface area contributed by atoms with Crippen molar-refractivity contribution in [3.63, 3.8) is 0 Å². The van der Waals surface area contributed by atoms with Crippen molar-refractivity contribution in [2.75, 3.05) is 0 Å². The molecule has 2 radical (unpaired) electrons. The monoisotopic (exact) mass is 394 g/mol. The molecule has 0 saturated heterocycles. The van der Waals surface area contributed by atoms with Gasteiger partial charge >= 0.3 is 0 Å². The van der Waals surface area contributed by atoms with Gasteiger partial charge in [0, 0.05) is 22.7 Å². The summed E-state index contributed by atoms with van der Waals surface area (Å²) < 4.78 is 1.09. The van der Waals surface area contributed by atoms with Gasteiger partial charge in [0.25, 0.3) is 0 Å². The fraction of sp³-hybridized carbons (Fsp3) is 0.200. The van der Waals surface area contributed by atoms with Crippen molar-refractivity contribution in [2.24, 2.45) is 0 Å². The standard InChI is InChI=1S/C20H20BN2O2PS/c1-11-7-13(3-4-16(11)21)19(22)15-10-18(25)17(24)9-14(15)8-12(2)26-20-23-5-6-27-20/h3-7,9-10,12,22,24-26H,8H2,1-2H3. The minimum Gasteiger partial charge on any atom is -0.504 e. The predicted molar refractivity (Wildman–Crippen MR) is 115 cm³/mol. The first-order valence-electron chi connectivity index (χ1n) is 8.51. The summed E-state index contributed by atoms with van der Waals surface area (Å²) in [6.45, 7) is 4.03. The van der Waals surface area contributed by atoms with E-state index < -0.39 is 0 Å². The number of hydrogen-bond donors (Lipinski definition) is 3. The van der Waals surface area contributed by atoms with Crippen LogP contribution < -0.4 is 10.2 Å². The molecular formula is C20H20BN2O2PS. The van der Waals surface area contributed by atoms with Crippen molar-refractivity contribution in [1.82, 2.24) is 4.98 Å². The Morgan fingerprint density at radius 2 is 2.00 bits per heavy atom. The van der Waals surface area contributed by atoms with Crippen LogP contribution in [-0.2, 0) is 6.42 Å². The van der Waals surface area contributed by atoms with Crippen LogP contribution in [0.5, 0.6) is 11.5 Å². The van der Waals surface area contributed by atoms with Crippen LogP contribution in [0.25, 0.3) is 0 Å². The van der Waals surface area contributed by atoms with Crippen LogP contribution in [0.15, 0.2) is 41.9 Å². The first kappa shape index (κ1) is 19.6. The van der Waals surface area contributed by atoms with Crippen LogP contribution in [0.1, 0.15) is 29.2 Å². The molecule has 0 bridgehead atoms. The molecule has 7 heteroatoms. The van der Waals surface area contributed by atoms with Crippen LogP contribution in [0.4, 0.5) is 0 Å². The lowest BCUT2D eigenvalue weighted by atomic mass is 9.87. The molecule has 27 heavy (non-hydrogen) atoms. The van der Waals surface area contributed by atoms with Gasteiger partial charge in [0.05, 0.1) is 5.71 Å². The van der Waals surface area contributed by atoms with Gasteiger partial charge in [-0.1, -0.05) is 44.7 Å². The van der Waals surface area contributed by atoms with Crippen molar-refractivity contribution in [3.05, 3.63) is 64.2 Å². The number of phenolic OH excluding ortho intramolecular Hbond substituents is 2.